The Morgan fingerprint density at radius 3 is 2.92 bits per heavy atom. The third-order valence-corrected chi connectivity index (χ3v) is 2.73. The Bertz CT molecular complexity index is 292. The zero-order valence-electron chi connectivity index (χ0n) is 7.18. The fourth-order valence-corrected chi connectivity index (χ4v) is 1.92. The molecule has 1 aliphatic carbocycles. The molecule has 2 heteroatoms. The number of alkyl halides is 1. The molecule has 12 heavy (non-hydrogen) atoms. The maximum atomic E-state index is 5.87. The first-order valence-corrected chi connectivity index (χ1v) is 4.86. The molecular weight excluding hydrogens is 170 g/mol. The van der Waals surface area contributed by atoms with Gasteiger partial charge < -0.3 is 0 Å². The van der Waals surface area contributed by atoms with Crippen LogP contribution < -0.4 is 0 Å². The summed E-state index contributed by atoms with van der Waals surface area (Å²) >= 11 is 5.87. The van der Waals surface area contributed by atoms with E-state index in [1.165, 1.54) is 24.0 Å². The number of hydrogen-bond acceptors (Lipinski definition) is 1. The summed E-state index contributed by atoms with van der Waals surface area (Å²) in [6.45, 7) is 2.03. The van der Waals surface area contributed by atoms with Gasteiger partial charge in [0.05, 0.1) is 0 Å². The Kier molecular flexibility index (Phi) is 2.05. The minimum atomic E-state index is 0.603. The van der Waals surface area contributed by atoms with Crippen LogP contribution in [0.25, 0.3) is 0 Å². The monoisotopic (exact) mass is 181 g/mol. The first kappa shape index (κ1) is 8.06. The van der Waals surface area contributed by atoms with Crippen molar-refractivity contribution in [3.63, 3.8) is 0 Å². The summed E-state index contributed by atoms with van der Waals surface area (Å²) in [5.41, 5.74) is 3.77. The van der Waals surface area contributed by atoms with E-state index in [2.05, 4.69) is 11.1 Å². The lowest BCUT2D eigenvalue weighted by molar-refractivity contribution is 1.03. The quantitative estimate of drug-likeness (QED) is 0.640. The van der Waals surface area contributed by atoms with E-state index in [1.807, 2.05) is 13.1 Å². The molecule has 0 radical (unpaired) electrons. The molecular formula is C10H12ClN. The Hall–Kier alpha value is -0.560. The van der Waals surface area contributed by atoms with Crippen LogP contribution in [0.4, 0.5) is 0 Å². The maximum Gasteiger partial charge on any atom is 0.0494 e. The van der Waals surface area contributed by atoms with Crippen LogP contribution in [0.3, 0.4) is 0 Å². The van der Waals surface area contributed by atoms with Gasteiger partial charge in [-0.1, -0.05) is 0 Å². The fourth-order valence-electron chi connectivity index (χ4n) is 1.57. The molecule has 1 nitrogen and oxygen atoms in total. The summed E-state index contributed by atoms with van der Waals surface area (Å²) in [5, 5.41) is 0. The van der Waals surface area contributed by atoms with E-state index in [0.717, 1.165) is 11.6 Å². The second-order valence-corrected chi connectivity index (χ2v) is 3.64. The van der Waals surface area contributed by atoms with Crippen LogP contribution in [0, 0.1) is 6.92 Å². The normalized spacial score (nSPS) is 16.5. The van der Waals surface area contributed by atoms with Crippen molar-refractivity contribution in [3.8, 4) is 0 Å². The minimum absolute atomic E-state index is 0.603. The molecule has 0 aliphatic heterocycles. The van der Waals surface area contributed by atoms with E-state index in [9.17, 15) is 0 Å². The largest absolute Gasteiger partial charge is 0.261 e. The van der Waals surface area contributed by atoms with Crippen LogP contribution in [-0.4, -0.2) is 4.98 Å². The molecule has 0 spiro atoms. The predicted molar refractivity (Wildman–Crippen MR) is 50.5 cm³/mol. The van der Waals surface area contributed by atoms with Gasteiger partial charge in [0, 0.05) is 17.8 Å². The van der Waals surface area contributed by atoms with Crippen molar-refractivity contribution in [2.24, 2.45) is 0 Å². The van der Waals surface area contributed by atoms with Gasteiger partial charge in [-0.05, 0) is 42.9 Å². The highest BCUT2D eigenvalue weighted by molar-refractivity contribution is 6.17. The molecule has 0 aromatic carbocycles. The summed E-state index contributed by atoms with van der Waals surface area (Å²) in [4.78, 5) is 4.24. The zero-order chi connectivity index (χ0) is 8.55. The molecule has 0 bridgehead atoms. The lowest BCUT2D eigenvalue weighted by Gasteiger charge is -2.07. The molecule has 1 aromatic rings. The Morgan fingerprint density at radius 1 is 1.58 bits per heavy atom. The highest BCUT2D eigenvalue weighted by Crippen LogP contribution is 2.42. The SMILES string of the molecule is Cc1nccc(C2CC2)c1CCl. The molecule has 64 valence electrons. The van der Waals surface area contributed by atoms with Gasteiger partial charge >= 0.3 is 0 Å². The molecule has 0 unspecified atom stereocenters. The highest BCUT2D eigenvalue weighted by Gasteiger charge is 2.26. The Balaban J connectivity index is 2.43. The van der Waals surface area contributed by atoms with E-state index in [0.29, 0.717) is 5.88 Å². The standard InChI is InChI=1S/C10H12ClN/c1-7-10(6-11)9(4-5-12-7)8-2-3-8/h4-5,8H,2-3,6H2,1H3. The van der Waals surface area contributed by atoms with Crippen molar-refractivity contribution >= 4 is 11.6 Å². The van der Waals surface area contributed by atoms with Crippen molar-refractivity contribution < 1.29 is 0 Å². The molecule has 0 saturated heterocycles. The van der Waals surface area contributed by atoms with Crippen LogP contribution in [0.5, 0.6) is 0 Å². The maximum absolute atomic E-state index is 5.87. The molecule has 0 N–H and O–H groups in total. The van der Waals surface area contributed by atoms with Crippen molar-refractivity contribution in [2.75, 3.05) is 0 Å². The average Bonchev–Trinajstić information content (AvgIpc) is 2.86. The summed E-state index contributed by atoms with van der Waals surface area (Å²) in [7, 11) is 0. The van der Waals surface area contributed by atoms with E-state index < -0.39 is 0 Å². The second kappa shape index (κ2) is 3.06. The lowest BCUT2D eigenvalue weighted by atomic mass is 10.0. The van der Waals surface area contributed by atoms with Crippen LogP contribution in [-0.2, 0) is 5.88 Å². The van der Waals surface area contributed by atoms with E-state index >= 15 is 0 Å². The first-order chi connectivity index (χ1) is 5.83. The fraction of sp³-hybridized carbons (Fsp3) is 0.500. The van der Waals surface area contributed by atoms with Crippen molar-refractivity contribution in [1.82, 2.24) is 4.98 Å². The summed E-state index contributed by atoms with van der Waals surface area (Å²) < 4.78 is 0. The number of nitrogens with zero attached hydrogens (tertiary/aromatic N) is 1. The van der Waals surface area contributed by atoms with Gasteiger partial charge in [0.2, 0.25) is 0 Å². The average molecular weight is 182 g/mol. The van der Waals surface area contributed by atoms with Gasteiger partial charge in [0.15, 0.2) is 0 Å². The number of aromatic nitrogens is 1. The van der Waals surface area contributed by atoms with Gasteiger partial charge in [-0.25, -0.2) is 0 Å². The van der Waals surface area contributed by atoms with Crippen LogP contribution in [0.1, 0.15) is 35.6 Å². The molecule has 1 aromatic heterocycles. The van der Waals surface area contributed by atoms with Crippen LogP contribution in [0.15, 0.2) is 12.3 Å². The van der Waals surface area contributed by atoms with E-state index in [1.54, 1.807) is 0 Å². The molecule has 1 fully saturated rings. The molecule has 1 heterocycles. The smallest absolute Gasteiger partial charge is 0.0494 e. The van der Waals surface area contributed by atoms with Crippen molar-refractivity contribution in [1.29, 1.82) is 0 Å². The highest BCUT2D eigenvalue weighted by atomic mass is 35.5. The van der Waals surface area contributed by atoms with Crippen LogP contribution in [0.2, 0.25) is 0 Å². The first-order valence-electron chi connectivity index (χ1n) is 4.33. The predicted octanol–water partition coefficient (Wildman–Crippen LogP) is 3.01. The van der Waals surface area contributed by atoms with Crippen molar-refractivity contribution in [3.05, 3.63) is 29.1 Å². The summed E-state index contributed by atoms with van der Waals surface area (Å²) in [6.07, 6.45) is 4.54. The lowest BCUT2D eigenvalue weighted by Crippen LogP contribution is -1.95. The molecule has 1 aliphatic rings. The Labute approximate surface area is 77.8 Å². The Morgan fingerprint density at radius 2 is 2.33 bits per heavy atom. The number of aryl methyl sites for hydroxylation is 1. The van der Waals surface area contributed by atoms with Gasteiger partial charge in [-0.3, -0.25) is 4.98 Å². The number of rotatable bonds is 2. The van der Waals surface area contributed by atoms with Gasteiger partial charge in [0.1, 0.15) is 0 Å². The third kappa shape index (κ3) is 1.34. The van der Waals surface area contributed by atoms with Crippen LogP contribution >= 0.6 is 11.6 Å². The number of halogens is 1. The van der Waals surface area contributed by atoms with Gasteiger partial charge in [-0.2, -0.15) is 0 Å². The number of hydrogen-bond donors (Lipinski definition) is 0. The molecule has 0 atom stereocenters. The van der Waals surface area contributed by atoms with E-state index in [-0.39, 0.29) is 0 Å². The van der Waals surface area contributed by atoms with Crippen molar-refractivity contribution in [2.45, 2.75) is 31.6 Å². The van der Waals surface area contributed by atoms with E-state index in [4.69, 9.17) is 11.6 Å². The molecule has 2 rings (SSSR count). The molecule has 0 amide bonds. The van der Waals surface area contributed by atoms with Gasteiger partial charge in [-0.15, -0.1) is 11.6 Å². The van der Waals surface area contributed by atoms with Gasteiger partial charge in [0.25, 0.3) is 0 Å². The summed E-state index contributed by atoms with van der Waals surface area (Å²) in [5.74, 6) is 1.38. The zero-order valence-corrected chi connectivity index (χ0v) is 7.93. The summed E-state index contributed by atoms with van der Waals surface area (Å²) in [6, 6.07) is 2.11. The topological polar surface area (TPSA) is 12.9 Å². The second-order valence-electron chi connectivity index (χ2n) is 3.37. The third-order valence-electron chi connectivity index (χ3n) is 2.46. The minimum Gasteiger partial charge on any atom is -0.261 e. The number of pyridine rings is 1. The molecule has 1 saturated carbocycles.